The van der Waals surface area contributed by atoms with Crippen molar-refractivity contribution < 1.29 is 14.7 Å². The number of carbonyl (C=O) groups is 2. The number of amides is 1. The highest BCUT2D eigenvalue weighted by molar-refractivity contribution is 6.27. The monoisotopic (exact) mass is 517 g/mol. The molecule has 4 rings (SSSR count). The number of imidazole rings is 1. The third kappa shape index (κ3) is 5.98. The van der Waals surface area contributed by atoms with Gasteiger partial charge >= 0.3 is 5.97 Å². The molecule has 190 valence electrons. The van der Waals surface area contributed by atoms with E-state index < -0.39 is 17.9 Å². The van der Waals surface area contributed by atoms with Crippen LogP contribution in [0.4, 0.5) is 0 Å². The van der Waals surface area contributed by atoms with Crippen molar-refractivity contribution in [1.29, 1.82) is 5.41 Å². The van der Waals surface area contributed by atoms with Crippen molar-refractivity contribution in [1.82, 2.24) is 20.2 Å². The van der Waals surface area contributed by atoms with E-state index >= 15 is 0 Å². The molecule has 0 saturated heterocycles. The predicted octanol–water partition coefficient (Wildman–Crippen LogP) is 5.00. The maximum Gasteiger partial charge on any atom is 0.336 e. The average Bonchev–Trinajstić information content (AvgIpc) is 3.26. The van der Waals surface area contributed by atoms with Gasteiger partial charge in [-0.2, -0.15) is 0 Å². The number of aryl methyl sites for hydroxylation is 1. The lowest BCUT2D eigenvalue weighted by Crippen LogP contribution is -2.32. The number of para-hydroxylation sites is 2. The first-order chi connectivity index (χ1) is 17.9. The molecule has 4 N–H and O–H groups in total. The van der Waals surface area contributed by atoms with Gasteiger partial charge in [-0.15, -0.1) is 11.6 Å². The molecule has 1 heterocycles. The maximum atomic E-state index is 13.4. The Balaban J connectivity index is 1.63. The van der Waals surface area contributed by atoms with Gasteiger partial charge < -0.3 is 20.3 Å². The van der Waals surface area contributed by atoms with Crippen LogP contribution in [-0.4, -0.2) is 44.8 Å². The van der Waals surface area contributed by atoms with Gasteiger partial charge in [0.15, 0.2) is 0 Å². The molecule has 37 heavy (non-hydrogen) atoms. The summed E-state index contributed by atoms with van der Waals surface area (Å²) in [6.07, 6.45) is 1.15. The number of carboxylic acids is 1. The van der Waals surface area contributed by atoms with Crippen LogP contribution in [0.1, 0.15) is 45.4 Å². The molecule has 0 radical (unpaired) electrons. The third-order valence-electron chi connectivity index (χ3n) is 6.18. The minimum absolute atomic E-state index is 0.0696. The fourth-order valence-electron chi connectivity index (χ4n) is 4.30. The van der Waals surface area contributed by atoms with Gasteiger partial charge in [-0.25, -0.2) is 9.78 Å². The summed E-state index contributed by atoms with van der Waals surface area (Å²) in [6, 6.07) is 21.5. The number of hydrogen-bond donors (Lipinski definition) is 4. The van der Waals surface area contributed by atoms with Crippen LogP contribution in [-0.2, 0) is 7.05 Å². The van der Waals surface area contributed by atoms with E-state index in [0.717, 1.165) is 16.6 Å². The Morgan fingerprint density at radius 1 is 1.03 bits per heavy atom. The smallest absolute Gasteiger partial charge is 0.336 e. The summed E-state index contributed by atoms with van der Waals surface area (Å²) in [5.74, 6) is -0.669. The number of hydrogen-bond acceptors (Lipinski definition) is 4. The molecule has 0 aliphatic rings. The van der Waals surface area contributed by atoms with Crippen LogP contribution in [0.25, 0.3) is 22.2 Å². The molecule has 0 aliphatic heterocycles. The van der Waals surface area contributed by atoms with Gasteiger partial charge in [-0.3, -0.25) is 10.2 Å². The first-order valence-electron chi connectivity index (χ1n) is 11.9. The highest BCUT2D eigenvalue weighted by Gasteiger charge is 2.24. The van der Waals surface area contributed by atoms with Crippen molar-refractivity contribution in [2.75, 3.05) is 12.4 Å². The van der Waals surface area contributed by atoms with E-state index in [4.69, 9.17) is 22.0 Å². The number of aromatic nitrogens is 2. The Morgan fingerprint density at radius 2 is 1.76 bits per heavy atom. The molecular formula is C28H28ClN5O3. The minimum Gasteiger partial charge on any atom is -0.478 e. The number of fused-ring (bicyclic) bond motifs is 1. The Hall–Kier alpha value is -4.17. The molecule has 8 nitrogen and oxygen atoms in total. The first kappa shape index (κ1) is 25.9. The second-order valence-corrected chi connectivity index (χ2v) is 8.92. The lowest BCUT2D eigenvalue weighted by Gasteiger charge is -2.20. The molecule has 1 atom stereocenters. The van der Waals surface area contributed by atoms with Crippen molar-refractivity contribution in [3.8, 4) is 11.1 Å². The Labute approximate surface area is 219 Å². The largest absolute Gasteiger partial charge is 0.478 e. The van der Waals surface area contributed by atoms with Gasteiger partial charge in [0, 0.05) is 13.6 Å². The second kappa shape index (κ2) is 11.7. The minimum atomic E-state index is -1.18. The number of nitrogens with zero attached hydrogens (tertiary/aromatic N) is 2. The third-order valence-corrected chi connectivity index (χ3v) is 6.45. The lowest BCUT2D eigenvalue weighted by molar-refractivity contribution is 0.0690. The molecule has 0 saturated carbocycles. The fraction of sp³-hybridized carbons (Fsp3) is 0.214. The van der Waals surface area contributed by atoms with Crippen LogP contribution in [0.5, 0.6) is 0 Å². The summed E-state index contributed by atoms with van der Waals surface area (Å²) in [5.41, 5.74) is 3.33. The molecule has 0 fully saturated rings. The van der Waals surface area contributed by atoms with Crippen molar-refractivity contribution in [3.05, 3.63) is 89.7 Å². The summed E-state index contributed by atoms with van der Waals surface area (Å²) in [5, 5.41) is 23.5. The highest BCUT2D eigenvalue weighted by atomic mass is 35.5. The Kier molecular flexibility index (Phi) is 8.20. The van der Waals surface area contributed by atoms with E-state index in [0.29, 0.717) is 30.8 Å². The van der Waals surface area contributed by atoms with Gasteiger partial charge in [-0.05, 0) is 48.2 Å². The zero-order valence-corrected chi connectivity index (χ0v) is 21.1. The zero-order chi connectivity index (χ0) is 26.4. The Morgan fingerprint density at radius 3 is 2.46 bits per heavy atom. The van der Waals surface area contributed by atoms with Crippen LogP contribution in [0.3, 0.4) is 0 Å². The van der Waals surface area contributed by atoms with Crippen LogP contribution >= 0.6 is 11.6 Å². The summed E-state index contributed by atoms with van der Waals surface area (Å²) in [4.78, 5) is 30.3. The van der Waals surface area contributed by atoms with Crippen LogP contribution in [0.2, 0.25) is 0 Å². The van der Waals surface area contributed by atoms with E-state index in [9.17, 15) is 14.7 Å². The summed E-state index contributed by atoms with van der Waals surface area (Å²) >= 11 is 5.68. The number of alkyl halides is 1. The maximum absolute atomic E-state index is 13.4. The van der Waals surface area contributed by atoms with Crippen LogP contribution in [0.15, 0.2) is 72.8 Å². The SMILES string of the molecule is Cn1c(C(CCCNC(=N)CCl)NC(=O)c2ccc(-c3ccccc3)cc2C(=O)O)nc2ccccc21. The quantitative estimate of drug-likeness (QED) is 0.102. The van der Waals surface area contributed by atoms with E-state index in [1.807, 2.05) is 66.2 Å². The number of aromatic carboxylic acids is 1. The standard InChI is InChI=1S/C28H28ClN5O3/c1-34-24-12-6-5-10-22(24)32-26(34)23(11-7-15-31-25(30)17-29)33-27(35)20-14-13-19(16-21(20)28(36)37)18-8-3-2-4-9-18/h2-6,8-10,12-14,16,23H,7,11,15,17H2,1H3,(H2,30,31)(H,33,35)(H,36,37). The number of rotatable bonds is 10. The molecule has 1 aromatic heterocycles. The number of benzene rings is 3. The molecule has 1 unspecified atom stereocenters. The Bertz CT molecular complexity index is 1430. The molecule has 0 spiro atoms. The number of nitrogens with one attached hydrogen (secondary N) is 3. The highest BCUT2D eigenvalue weighted by Crippen LogP contribution is 2.26. The van der Waals surface area contributed by atoms with Gasteiger partial charge in [-0.1, -0.05) is 48.5 Å². The van der Waals surface area contributed by atoms with Crippen molar-refractivity contribution in [2.45, 2.75) is 18.9 Å². The normalized spacial score (nSPS) is 11.7. The molecule has 1 amide bonds. The first-order valence-corrected chi connectivity index (χ1v) is 12.4. The number of amidine groups is 1. The number of carboxylic acid groups (broad SMARTS) is 1. The number of halogens is 1. The molecule has 0 aliphatic carbocycles. The van der Waals surface area contributed by atoms with Crippen LogP contribution < -0.4 is 10.6 Å². The van der Waals surface area contributed by atoms with E-state index in [-0.39, 0.29) is 22.8 Å². The lowest BCUT2D eigenvalue weighted by atomic mass is 9.98. The van der Waals surface area contributed by atoms with E-state index in [2.05, 4.69) is 10.6 Å². The zero-order valence-electron chi connectivity index (χ0n) is 20.4. The fourth-order valence-corrected chi connectivity index (χ4v) is 4.39. The summed E-state index contributed by atoms with van der Waals surface area (Å²) in [7, 11) is 1.89. The van der Waals surface area contributed by atoms with Crippen molar-refractivity contribution >= 4 is 40.3 Å². The van der Waals surface area contributed by atoms with Crippen LogP contribution in [0, 0.1) is 5.41 Å². The number of carbonyl (C=O) groups excluding carboxylic acids is 1. The van der Waals surface area contributed by atoms with Gasteiger partial charge in [0.05, 0.1) is 34.1 Å². The average molecular weight is 518 g/mol. The van der Waals surface area contributed by atoms with Gasteiger partial charge in [0.2, 0.25) is 0 Å². The molecule has 3 aromatic carbocycles. The second-order valence-electron chi connectivity index (χ2n) is 8.66. The van der Waals surface area contributed by atoms with Crippen molar-refractivity contribution in [2.24, 2.45) is 7.05 Å². The van der Waals surface area contributed by atoms with Gasteiger partial charge in [0.1, 0.15) is 11.7 Å². The predicted molar refractivity (Wildman–Crippen MR) is 145 cm³/mol. The molecular weight excluding hydrogens is 490 g/mol. The molecule has 4 aromatic rings. The van der Waals surface area contributed by atoms with E-state index in [1.165, 1.54) is 6.07 Å². The van der Waals surface area contributed by atoms with Crippen molar-refractivity contribution in [3.63, 3.8) is 0 Å². The van der Waals surface area contributed by atoms with E-state index in [1.54, 1.807) is 12.1 Å². The summed E-state index contributed by atoms with van der Waals surface area (Å²) in [6.45, 7) is 0.508. The molecule has 0 bridgehead atoms. The summed E-state index contributed by atoms with van der Waals surface area (Å²) < 4.78 is 1.94. The topological polar surface area (TPSA) is 120 Å². The van der Waals surface area contributed by atoms with Gasteiger partial charge in [0.25, 0.3) is 5.91 Å². The molecule has 9 heteroatoms.